The minimum absolute atomic E-state index is 0.176. The summed E-state index contributed by atoms with van der Waals surface area (Å²) in [4.78, 5) is 13.7. The third-order valence-electron chi connectivity index (χ3n) is 2.63. The predicted molar refractivity (Wildman–Crippen MR) is 61.2 cm³/mol. The predicted octanol–water partition coefficient (Wildman–Crippen LogP) is 2.57. The monoisotopic (exact) mass is 210 g/mol. The first-order valence-electron chi connectivity index (χ1n) is 5.69. The molecule has 0 rings (SSSR count). The molecule has 86 valence electrons. The molecule has 0 aromatic heterocycles. The molecule has 0 saturated heterocycles. The minimum Gasteiger partial charge on any atom is -0.339 e. The molecule has 0 saturated carbocycles. The SMILES string of the molecule is CCC(C)CC(=O)N(CCC#N)C(C)C. The largest absolute Gasteiger partial charge is 0.339 e. The van der Waals surface area contributed by atoms with Crippen molar-refractivity contribution in [1.29, 1.82) is 5.26 Å². The molecule has 3 heteroatoms. The maximum absolute atomic E-state index is 11.9. The molecule has 15 heavy (non-hydrogen) atoms. The lowest BCUT2D eigenvalue weighted by atomic mass is 10.0. The van der Waals surface area contributed by atoms with E-state index in [9.17, 15) is 4.79 Å². The average molecular weight is 210 g/mol. The van der Waals surface area contributed by atoms with Crippen molar-refractivity contribution in [2.45, 2.75) is 53.0 Å². The van der Waals surface area contributed by atoms with Crippen molar-refractivity contribution in [3.63, 3.8) is 0 Å². The lowest BCUT2D eigenvalue weighted by Crippen LogP contribution is -2.38. The van der Waals surface area contributed by atoms with Gasteiger partial charge in [0.2, 0.25) is 5.91 Å². The van der Waals surface area contributed by atoms with Crippen LogP contribution in [0.2, 0.25) is 0 Å². The molecule has 0 aliphatic heterocycles. The summed E-state index contributed by atoms with van der Waals surface area (Å²) in [5.41, 5.74) is 0. The number of carbonyl (C=O) groups is 1. The van der Waals surface area contributed by atoms with Crippen molar-refractivity contribution in [2.75, 3.05) is 6.54 Å². The molecule has 3 nitrogen and oxygen atoms in total. The Labute approximate surface area is 93.1 Å². The molecule has 1 unspecified atom stereocenters. The lowest BCUT2D eigenvalue weighted by Gasteiger charge is -2.27. The highest BCUT2D eigenvalue weighted by molar-refractivity contribution is 5.76. The molecule has 0 spiro atoms. The van der Waals surface area contributed by atoms with Gasteiger partial charge in [-0.25, -0.2) is 0 Å². The summed E-state index contributed by atoms with van der Waals surface area (Å²) in [6.45, 7) is 8.72. The highest BCUT2D eigenvalue weighted by atomic mass is 16.2. The summed E-state index contributed by atoms with van der Waals surface area (Å²) in [6.07, 6.45) is 2.04. The highest BCUT2D eigenvalue weighted by Crippen LogP contribution is 2.11. The van der Waals surface area contributed by atoms with Crippen LogP contribution in [0.3, 0.4) is 0 Å². The first-order valence-corrected chi connectivity index (χ1v) is 5.69. The van der Waals surface area contributed by atoms with Gasteiger partial charge in [-0.1, -0.05) is 20.3 Å². The Morgan fingerprint density at radius 2 is 2.00 bits per heavy atom. The number of hydrogen-bond acceptors (Lipinski definition) is 2. The molecule has 1 amide bonds. The number of amides is 1. The summed E-state index contributed by atoms with van der Waals surface area (Å²) in [6, 6.07) is 2.27. The zero-order valence-electron chi connectivity index (χ0n) is 10.3. The Bertz CT molecular complexity index is 230. The molecule has 0 bridgehead atoms. The van der Waals surface area contributed by atoms with E-state index in [1.807, 2.05) is 13.8 Å². The van der Waals surface area contributed by atoms with Crippen LogP contribution in [0.1, 0.15) is 47.0 Å². The Kier molecular flexibility index (Phi) is 6.77. The summed E-state index contributed by atoms with van der Waals surface area (Å²) < 4.78 is 0. The topological polar surface area (TPSA) is 44.1 Å². The summed E-state index contributed by atoms with van der Waals surface area (Å²) in [7, 11) is 0. The van der Waals surface area contributed by atoms with Gasteiger partial charge in [-0.2, -0.15) is 5.26 Å². The fraction of sp³-hybridized carbons (Fsp3) is 0.833. The van der Waals surface area contributed by atoms with Gasteiger partial charge in [0, 0.05) is 19.0 Å². The van der Waals surface area contributed by atoms with Crippen LogP contribution in [0.25, 0.3) is 0 Å². The van der Waals surface area contributed by atoms with Crippen molar-refractivity contribution in [3.8, 4) is 6.07 Å². The van der Waals surface area contributed by atoms with Crippen LogP contribution < -0.4 is 0 Å². The molecule has 0 aliphatic carbocycles. The zero-order valence-corrected chi connectivity index (χ0v) is 10.3. The van der Waals surface area contributed by atoms with E-state index < -0.39 is 0 Å². The van der Waals surface area contributed by atoms with Crippen LogP contribution in [0.15, 0.2) is 0 Å². The van der Waals surface area contributed by atoms with Crippen molar-refractivity contribution in [3.05, 3.63) is 0 Å². The van der Waals surface area contributed by atoms with E-state index >= 15 is 0 Å². The van der Waals surface area contributed by atoms with Crippen LogP contribution in [0, 0.1) is 17.2 Å². The van der Waals surface area contributed by atoms with Gasteiger partial charge in [-0.05, 0) is 19.8 Å². The molecule has 0 fully saturated rings. The second-order valence-electron chi connectivity index (χ2n) is 4.31. The van der Waals surface area contributed by atoms with Crippen LogP contribution in [-0.4, -0.2) is 23.4 Å². The molecule has 0 aromatic rings. The quantitative estimate of drug-likeness (QED) is 0.676. The van der Waals surface area contributed by atoms with Gasteiger partial charge in [-0.3, -0.25) is 4.79 Å². The third-order valence-corrected chi connectivity index (χ3v) is 2.63. The van der Waals surface area contributed by atoms with Gasteiger partial charge in [0.05, 0.1) is 12.5 Å². The number of rotatable bonds is 6. The Morgan fingerprint density at radius 1 is 1.40 bits per heavy atom. The number of carbonyl (C=O) groups excluding carboxylic acids is 1. The van der Waals surface area contributed by atoms with Gasteiger partial charge in [0.25, 0.3) is 0 Å². The molecule has 0 aliphatic rings. The standard InChI is InChI=1S/C12H22N2O/c1-5-11(4)9-12(15)14(10(2)3)8-6-7-13/h10-11H,5-6,8-9H2,1-4H3. The Hall–Kier alpha value is -1.04. The van der Waals surface area contributed by atoms with E-state index in [-0.39, 0.29) is 11.9 Å². The van der Waals surface area contributed by atoms with E-state index in [4.69, 9.17) is 5.26 Å². The van der Waals surface area contributed by atoms with Crippen molar-refractivity contribution >= 4 is 5.91 Å². The molecule has 1 atom stereocenters. The molecule has 0 aromatic carbocycles. The molecule has 0 heterocycles. The van der Waals surface area contributed by atoms with Gasteiger partial charge in [0.15, 0.2) is 0 Å². The number of nitrogens with zero attached hydrogens (tertiary/aromatic N) is 2. The summed E-state index contributed by atoms with van der Waals surface area (Å²) in [5, 5.41) is 8.52. The fourth-order valence-corrected chi connectivity index (χ4v) is 1.40. The molecular weight excluding hydrogens is 188 g/mol. The molecular formula is C12H22N2O. The smallest absolute Gasteiger partial charge is 0.223 e. The molecule has 0 radical (unpaired) electrons. The van der Waals surface area contributed by atoms with Gasteiger partial charge in [-0.15, -0.1) is 0 Å². The second-order valence-corrected chi connectivity index (χ2v) is 4.31. The fourth-order valence-electron chi connectivity index (χ4n) is 1.40. The minimum atomic E-state index is 0.176. The lowest BCUT2D eigenvalue weighted by molar-refractivity contribution is -0.133. The average Bonchev–Trinajstić information content (AvgIpc) is 2.17. The van der Waals surface area contributed by atoms with Crippen LogP contribution in [0.4, 0.5) is 0 Å². The summed E-state index contributed by atoms with van der Waals surface area (Å²) >= 11 is 0. The van der Waals surface area contributed by atoms with E-state index in [0.717, 1.165) is 6.42 Å². The van der Waals surface area contributed by atoms with Crippen molar-refractivity contribution in [1.82, 2.24) is 4.90 Å². The summed E-state index contributed by atoms with van der Waals surface area (Å²) in [5.74, 6) is 0.607. The van der Waals surface area contributed by atoms with Crippen LogP contribution in [-0.2, 0) is 4.79 Å². The second kappa shape index (κ2) is 7.28. The van der Waals surface area contributed by atoms with Gasteiger partial charge >= 0.3 is 0 Å². The van der Waals surface area contributed by atoms with Crippen LogP contribution in [0.5, 0.6) is 0 Å². The first-order chi connectivity index (χ1) is 7.02. The third kappa shape index (κ3) is 5.41. The molecule has 0 N–H and O–H groups in total. The van der Waals surface area contributed by atoms with E-state index in [0.29, 0.717) is 25.3 Å². The Balaban J connectivity index is 4.24. The van der Waals surface area contributed by atoms with Gasteiger partial charge in [0.1, 0.15) is 0 Å². The maximum atomic E-state index is 11.9. The van der Waals surface area contributed by atoms with E-state index in [1.54, 1.807) is 4.90 Å². The number of hydrogen-bond donors (Lipinski definition) is 0. The van der Waals surface area contributed by atoms with Gasteiger partial charge < -0.3 is 4.90 Å². The maximum Gasteiger partial charge on any atom is 0.223 e. The normalized spacial score (nSPS) is 12.3. The first kappa shape index (κ1) is 14.0. The van der Waals surface area contributed by atoms with Crippen molar-refractivity contribution < 1.29 is 4.79 Å². The van der Waals surface area contributed by atoms with Crippen molar-refractivity contribution in [2.24, 2.45) is 5.92 Å². The van der Waals surface area contributed by atoms with Crippen LogP contribution >= 0.6 is 0 Å². The number of nitriles is 1. The van der Waals surface area contributed by atoms with E-state index in [2.05, 4.69) is 19.9 Å². The Morgan fingerprint density at radius 3 is 2.40 bits per heavy atom. The zero-order chi connectivity index (χ0) is 11.8. The van der Waals surface area contributed by atoms with E-state index in [1.165, 1.54) is 0 Å². The highest BCUT2D eigenvalue weighted by Gasteiger charge is 2.17.